The monoisotopic (exact) mass is 250 g/mol. The Morgan fingerprint density at radius 3 is 2.61 bits per heavy atom. The van der Waals surface area contributed by atoms with Crippen LogP contribution in [-0.2, 0) is 0 Å². The second-order valence-corrected chi connectivity index (χ2v) is 4.58. The first-order valence-electron chi connectivity index (χ1n) is 6.14. The van der Waals surface area contributed by atoms with Gasteiger partial charge in [0.15, 0.2) is 0 Å². The number of carboxylic acid groups (broad SMARTS) is 1. The predicted octanol–water partition coefficient (Wildman–Crippen LogP) is 1.32. The number of nitrogens with two attached hydrogens (primary N) is 1. The minimum absolute atomic E-state index is 0.0804. The van der Waals surface area contributed by atoms with Gasteiger partial charge in [-0.2, -0.15) is 0 Å². The summed E-state index contributed by atoms with van der Waals surface area (Å²) in [5.74, 6) is -1.02. The Labute approximate surface area is 106 Å². The number of aliphatic hydroxyl groups excluding tert-OH is 1. The molecule has 4 N–H and O–H groups in total. The summed E-state index contributed by atoms with van der Waals surface area (Å²) in [6.45, 7) is 0.633. The number of rotatable bonds is 5. The van der Waals surface area contributed by atoms with Gasteiger partial charge in [0.1, 0.15) is 0 Å². The van der Waals surface area contributed by atoms with Crippen LogP contribution < -0.4 is 10.6 Å². The molecule has 0 atom stereocenters. The van der Waals surface area contributed by atoms with Gasteiger partial charge in [-0.3, -0.25) is 0 Å². The molecule has 0 radical (unpaired) electrons. The third kappa shape index (κ3) is 2.41. The van der Waals surface area contributed by atoms with Gasteiger partial charge in [0.25, 0.3) is 0 Å². The average Bonchev–Trinajstić information content (AvgIpc) is 2.25. The van der Waals surface area contributed by atoms with Gasteiger partial charge in [-0.15, -0.1) is 0 Å². The Balaban J connectivity index is 2.24. The number of nitrogen functional groups attached to an aromatic ring is 1. The molecule has 1 aliphatic rings. The average molecular weight is 250 g/mol. The first kappa shape index (κ1) is 12.7. The molecule has 1 fully saturated rings. The lowest BCUT2D eigenvalue weighted by Crippen LogP contribution is -2.42. The number of carboxylic acids is 1. The van der Waals surface area contributed by atoms with Crippen LogP contribution in [0.25, 0.3) is 0 Å². The van der Waals surface area contributed by atoms with Crippen LogP contribution in [0.4, 0.5) is 11.4 Å². The summed E-state index contributed by atoms with van der Waals surface area (Å²) in [6, 6.07) is 5.40. The van der Waals surface area contributed by atoms with Crippen LogP contribution in [0.3, 0.4) is 0 Å². The minimum Gasteiger partial charge on any atom is -0.478 e. The lowest BCUT2D eigenvalue weighted by Gasteiger charge is -2.39. The van der Waals surface area contributed by atoms with Crippen molar-refractivity contribution in [2.45, 2.75) is 25.3 Å². The van der Waals surface area contributed by atoms with Gasteiger partial charge < -0.3 is 20.8 Å². The minimum atomic E-state index is -1.02. The number of hydrogen-bond donors (Lipinski definition) is 3. The van der Waals surface area contributed by atoms with Gasteiger partial charge in [0.2, 0.25) is 0 Å². The van der Waals surface area contributed by atoms with E-state index in [9.17, 15) is 4.79 Å². The Kier molecular flexibility index (Phi) is 3.72. The predicted molar refractivity (Wildman–Crippen MR) is 69.9 cm³/mol. The number of aromatic carboxylic acids is 1. The van der Waals surface area contributed by atoms with Crippen molar-refractivity contribution in [1.29, 1.82) is 0 Å². The standard InChI is InChI=1S/C13H18N2O3/c14-12-8-10(4-5-11(12)13(17)18)15(6-7-16)9-2-1-3-9/h4-5,8-9,16H,1-3,6-7,14H2,(H,17,18). The Bertz CT molecular complexity index is 444. The Morgan fingerprint density at radius 1 is 1.44 bits per heavy atom. The molecule has 0 saturated heterocycles. The normalized spacial score (nSPS) is 15.2. The molecular weight excluding hydrogens is 232 g/mol. The molecule has 98 valence electrons. The van der Waals surface area contributed by atoms with E-state index >= 15 is 0 Å². The molecule has 5 nitrogen and oxygen atoms in total. The molecule has 2 rings (SSSR count). The van der Waals surface area contributed by atoms with E-state index in [1.54, 1.807) is 12.1 Å². The second-order valence-electron chi connectivity index (χ2n) is 4.58. The van der Waals surface area contributed by atoms with E-state index in [0.29, 0.717) is 12.6 Å². The highest BCUT2D eigenvalue weighted by atomic mass is 16.4. The van der Waals surface area contributed by atoms with Gasteiger partial charge in [-0.25, -0.2) is 4.79 Å². The Morgan fingerprint density at radius 2 is 2.17 bits per heavy atom. The maximum Gasteiger partial charge on any atom is 0.337 e. The van der Waals surface area contributed by atoms with E-state index in [4.69, 9.17) is 15.9 Å². The lowest BCUT2D eigenvalue weighted by molar-refractivity contribution is 0.0698. The number of anilines is 2. The number of benzene rings is 1. The van der Waals surface area contributed by atoms with Gasteiger partial charge in [-0.1, -0.05) is 0 Å². The van der Waals surface area contributed by atoms with Crippen molar-refractivity contribution in [2.24, 2.45) is 0 Å². The fourth-order valence-electron chi connectivity index (χ4n) is 2.25. The summed E-state index contributed by atoms with van der Waals surface area (Å²) >= 11 is 0. The molecule has 0 spiro atoms. The van der Waals surface area contributed by atoms with Crippen LogP contribution in [0.5, 0.6) is 0 Å². The zero-order chi connectivity index (χ0) is 13.1. The van der Waals surface area contributed by atoms with Gasteiger partial charge in [0, 0.05) is 24.0 Å². The fraction of sp³-hybridized carbons (Fsp3) is 0.462. The molecule has 0 amide bonds. The summed E-state index contributed by atoms with van der Waals surface area (Å²) in [6.07, 6.45) is 3.43. The molecule has 1 saturated carbocycles. The molecule has 0 aromatic heterocycles. The molecule has 1 aliphatic carbocycles. The maximum atomic E-state index is 10.9. The van der Waals surface area contributed by atoms with E-state index < -0.39 is 5.97 Å². The maximum absolute atomic E-state index is 10.9. The highest BCUT2D eigenvalue weighted by Gasteiger charge is 2.25. The highest BCUT2D eigenvalue weighted by molar-refractivity contribution is 5.94. The third-order valence-corrected chi connectivity index (χ3v) is 3.45. The van der Waals surface area contributed by atoms with Gasteiger partial charge >= 0.3 is 5.97 Å². The molecule has 1 aromatic carbocycles. The SMILES string of the molecule is Nc1cc(N(CCO)C2CCC2)ccc1C(=O)O. The summed E-state index contributed by atoms with van der Waals surface area (Å²) < 4.78 is 0. The first-order valence-corrected chi connectivity index (χ1v) is 6.14. The zero-order valence-corrected chi connectivity index (χ0v) is 10.2. The van der Waals surface area contributed by atoms with Crippen LogP contribution >= 0.6 is 0 Å². The van der Waals surface area contributed by atoms with Crippen molar-refractivity contribution in [3.05, 3.63) is 23.8 Å². The third-order valence-electron chi connectivity index (χ3n) is 3.45. The van der Waals surface area contributed by atoms with Crippen molar-refractivity contribution in [2.75, 3.05) is 23.8 Å². The molecule has 0 unspecified atom stereocenters. The second kappa shape index (κ2) is 5.27. The Hall–Kier alpha value is -1.75. The molecule has 18 heavy (non-hydrogen) atoms. The number of aliphatic hydroxyl groups is 1. The van der Waals surface area contributed by atoms with Crippen LogP contribution in [0.1, 0.15) is 29.6 Å². The van der Waals surface area contributed by atoms with Crippen LogP contribution in [-0.4, -0.2) is 35.4 Å². The lowest BCUT2D eigenvalue weighted by atomic mass is 9.91. The molecule has 0 heterocycles. The zero-order valence-electron chi connectivity index (χ0n) is 10.2. The van der Waals surface area contributed by atoms with Crippen molar-refractivity contribution < 1.29 is 15.0 Å². The van der Waals surface area contributed by atoms with E-state index in [2.05, 4.69) is 4.90 Å². The van der Waals surface area contributed by atoms with Gasteiger partial charge in [0.05, 0.1) is 12.2 Å². The van der Waals surface area contributed by atoms with Crippen LogP contribution in [0, 0.1) is 0 Å². The van der Waals surface area contributed by atoms with E-state index in [-0.39, 0.29) is 17.9 Å². The van der Waals surface area contributed by atoms with Crippen molar-refractivity contribution in [3.8, 4) is 0 Å². The largest absolute Gasteiger partial charge is 0.478 e. The molecular formula is C13H18N2O3. The van der Waals surface area contributed by atoms with E-state index in [1.165, 1.54) is 12.5 Å². The first-order chi connectivity index (χ1) is 8.63. The highest BCUT2D eigenvalue weighted by Crippen LogP contribution is 2.31. The van der Waals surface area contributed by atoms with Crippen LogP contribution in [0.15, 0.2) is 18.2 Å². The fourth-order valence-corrected chi connectivity index (χ4v) is 2.25. The van der Waals surface area contributed by atoms with Crippen molar-refractivity contribution in [3.63, 3.8) is 0 Å². The van der Waals surface area contributed by atoms with Crippen molar-refractivity contribution in [1.82, 2.24) is 0 Å². The molecule has 1 aromatic rings. The molecule has 0 bridgehead atoms. The molecule has 0 aliphatic heterocycles. The number of hydrogen-bond acceptors (Lipinski definition) is 4. The summed E-state index contributed by atoms with van der Waals surface area (Å²) in [5.41, 5.74) is 7.02. The quantitative estimate of drug-likeness (QED) is 0.686. The van der Waals surface area contributed by atoms with E-state index in [0.717, 1.165) is 18.5 Å². The summed E-state index contributed by atoms with van der Waals surface area (Å²) in [4.78, 5) is 13.0. The van der Waals surface area contributed by atoms with E-state index in [1.807, 2.05) is 0 Å². The summed E-state index contributed by atoms with van der Waals surface area (Å²) in [7, 11) is 0. The number of carbonyl (C=O) groups is 1. The van der Waals surface area contributed by atoms with Crippen LogP contribution in [0.2, 0.25) is 0 Å². The van der Waals surface area contributed by atoms with Crippen molar-refractivity contribution >= 4 is 17.3 Å². The number of nitrogens with zero attached hydrogens (tertiary/aromatic N) is 1. The summed E-state index contributed by atoms with van der Waals surface area (Å²) in [5, 5.41) is 18.0. The molecule has 5 heteroatoms. The van der Waals surface area contributed by atoms with Gasteiger partial charge in [-0.05, 0) is 37.5 Å². The topological polar surface area (TPSA) is 86.8 Å². The smallest absolute Gasteiger partial charge is 0.337 e.